The van der Waals surface area contributed by atoms with Crippen LogP contribution in [0.4, 0.5) is 22.0 Å². The molecule has 1 fully saturated rings. The van der Waals surface area contributed by atoms with Gasteiger partial charge in [-0.1, -0.05) is 29.8 Å². The highest BCUT2D eigenvalue weighted by atomic mass is 16.2. The number of carbonyl (C=O) groups is 1. The fourth-order valence-electron chi connectivity index (χ4n) is 3.34. The molecule has 2 N–H and O–H groups in total. The normalized spacial score (nSPS) is 14.4. The molecule has 4 rings (SSSR count). The summed E-state index contributed by atoms with van der Waals surface area (Å²) in [5, 5.41) is 14.5. The zero-order chi connectivity index (χ0) is 20.9. The Morgan fingerprint density at radius 1 is 0.800 bits per heavy atom. The number of anilines is 3. The van der Waals surface area contributed by atoms with Gasteiger partial charge in [-0.2, -0.15) is 0 Å². The van der Waals surface area contributed by atoms with Gasteiger partial charge in [0.25, 0.3) is 0 Å². The third kappa shape index (κ3) is 4.93. The highest BCUT2D eigenvalue weighted by Gasteiger charge is 2.15. The average Bonchev–Trinajstić information content (AvgIpc) is 2.77. The monoisotopic (exact) mass is 402 g/mol. The topological polar surface area (TPSA) is 73.4 Å². The molecule has 0 unspecified atom stereocenters. The lowest BCUT2D eigenvalue weighted by atomic mass is 10.1. The van der Waals surface area contributed by atoms with Crippen LogP contribution in [0.25, 0.3) is 11.3 Å². The van der Waals surface area contributed by atoms with E-state index in [9.17, 15) is 4.79 Å². The van der Waals surface area contributed by atoms with Crippen molar-refractivity contribution >= 4 is 23.2 Å². The Labute approximate surface area is 176 Å². The fourth-order valence-corrected chi connectivity index (χ4v) is 3.34. The first-order valence-electron chi connectivity index (χ1n) is 10.1. The number of carbonyl (C=O) groups excluding carboxylic acids is 1. The zero-order valence-electron chi connectivity index (χ0n) is 17.3. The molecule has 1 saturated heterocycles. The highest BCUT2D eigenvalue weighted by Crippen LogP contribution is 2.21. The second kappa shape index (κ2) is 8.92. The lowest BCUT2D eigenvalue weighted by Gasteiger charge is -2.32. The van der Waals surface area contributed by atoms with Crippen molar-refractivity contribution < 1.29 is 4.79 Å². The molecule has 7 heteroatoms. The van der Waals surface area contributed by atoms with Crippen LogP contribution in [0.3, 0.4) is 0 Å². The molecule has 0 saturated carbocycles. The molecule has 0 atom stereocenters. The van der Waals surface area contributed by atoms with Gasteiger partial charge in [-0.3, -0.25) is 0 Å². The Morgan fingerprint density at radius 2 is 1.40 bits per heavy atom. The molecule has 2 heterocycles. The molecule has 7 nitrogen and oxygen atoms in total. The number of amides is 2. The molecule has 0 aliphatic carbocycles. The van der Waals surface area contributed by atoms with Crippen LogP contribution < -0.4 is 15.5 Å². The van der Waals surface area contributed by atoms with Crippen LogP contribution >= 0.6 is 0 Å². The number of urea groups is 1. The third-order valence-electron chi connectivity index (χ3n) is 5.23. The maximum absolute atomic E-state index is 12.2. The van der Waals surface area contributed by atoms with Gasteiger partial charge in [0.1, 0.15) is 0 Å². The van der Waals surface area contributed by atoms with Crippen LogP contribution in [-0.2, 0) is 0 Å². The fraction of sp³-hybridized carbons (Fsp3) is 0.261. The van der Waals surface area contributed by atoms with E-state index in [2.05, 4.69) is 37.7 Å². The van der Waals surface area contributed by atoms with Gasteiger partial charge in [0.05, 0.1) is 5.69 Å². The lowest BCUT2D eigenvalue weighted by molar-refractivity contribution is 0.262. The number of aryl methyl sites for hydroxylation is 1. The predicted molar refractivity (Wildman–Crippen MR) is 121 cm³/mol. The van der Waals surface area contributed by atoms with Crippen molar-refractivity contribution in [2.45, 2.75) is 6.92 Å². The second-order valence-electron chi connectivity index (χ2n) is 7.59. The van der Waals surface area contributed by atoms with Crippen molar-refractivity contribution in [1.82, 2.24) is 15.1 Å². The van der Waals surface area contributed by atoms with Crippen molar-refractivity contribution in [2.24, 2.45) is 0 Å². The number of nitrogens with one attached hydrogen (secondary N) is 2. The van der Waals surface area contributed by atoms with Gasteiger partial charge in [-0.25, -0.2) is 4.79 Å². The van der Waals surface area contributed by atoms with E-state index in [1.54, 1.807) is 0 Å². The Morgan fingerprint density at radius 3 is 1.97 bits per heavy atom. The van der Waals surface area contributed by atoms with Gasteiger partial charge in [0.15, 0.2) is 5.82 Å². The van der Waals surface area contributed by atoms with Crippen molar-refractivity contribution in [3.05, 3.63) is 66.2 Å². The van der Waals surface area contributed by atoms with Crippen LogP contribution in [0.2, 0.25) is 0 Å². The van der Waals surface area contributed by atoms with E-state index in [1.165, 1.54) is 0 Å². The summed E-state index contributed by atoms with van der Waals surface area (Å²) in [5.74, 6) is 0.915. The molecule has 30 heavy (non-hydrogen) atoms. The van der Waals surface area contributed by atoms with E-state index in [0.29, 0.717) is 5.69 Å². The first-order valence-corrected chi connectivity index (χ1v) is 10.1. The second-order valence-corrected chi connectivity index (χ2v) is 7.59. The number of piperazine rings is 1. The van der Waals surface area contributed by atoms with Crippen molar-refractivity contribution in [1.29, 1.82) is 0 Å². The molecule has 2 amide bonds. The smallest absolute Gasteiger partial charge is 0.323 e. The number of benzene rings is 2. The largest absolute Gasteiger partial charge is 0.353 e. The average molecular weight is 403 g/mol. The summed E-state index contributed by atoms with van der Waals surface area (Å²) in [6.45, 7) is 6.02. The third-order valence-corrected chi connectivity index (χ3v) is 5.23. The molecule has 3 aromatic rings. The summed E-state index contributed by atoms with van der Waals surface area (Å²) in [6.07, 6.45) is 0. The lowest BCUT2D eigenvalue weighted by Crippen LogP contribution is -2.44. The Balaban J connectivity index is 1.36. The van der Waals surface area contributed by atoms with E-state index in [1.807, 2.05) is 67.6 Å². The number of rotatable bonds is 4. The molecular weight excluding hydrogens is 376 g/mol. The van der Waals surface area contributed by atoms with Gasteiger partial charge in [0.2, 0.25) is 0 Å². The van der Waals surface area contributed by atoms with Gasteiger partial charge < -0.3 is 20.4 Å². The van der Waals surface area contributed by atoms with Crippen LogP contribution in [-0.4, -0.2) is 54.4 Å². The van der Waals surface area contributed by atoms with E-state index < -0.39 is 0 Å². The number of likely N-dealkylation sites (N-methyl/N-ethyl adjacent to an activating group) is 1. The van der Waals surface area contributed by atoms with Gasteiger partial charge in [-0.05, 0) is 50.4 Å². The minimum atomic E-state index is -0.275. The molecule has 0 bridgehead atoms. The minimum Gasteiger partial charge on any atom is -0.353 e. The summed E-state index contributed by atoms with van der Waals surface area (Å²) in [7, 11) is 2.14. The van der Waals surface area contributed by atoms with E-state index >= 15 is 0 Å². The highest BCUT2D eigenvalue weighted by molar-refractivity contribution is 5.99. The maximum atomic E-state index is 12.2. The number of hydrogen-bond donors (Lipinski definition) is 2. The summed E-state index contributed by atoms with van der Waals surface area (Å²) >= 11 is 0. The van der Waals surface area contributed by atoms with Crippen LogP contribution in [0.1, 0.15) is 5.56 Å². The summed E-state index contributed by atoms with van der Waals surface area (Å²) in [5.41, 5.74) is 4.38. The Kier molecular flexibility index (Phi) is 5.90. The molecular formula is C23H26N6O. The minimum absolute atomic E-state index is 0.275. The number of nitrogens with zero attached hydrogens (tertiary/aromatic N) is 4. The molecule has 2 aromatic carbocycles. The SMILES string of the molecule is Cc1ccc(NC(=O)Nc2ccc(-c3ccc(N4CCN(C)CC4)nn3)cc2)cc1. The van der Waals surface area contributed by atoms with Crippen LogP contribution in [0.15, 0.2) is 60.7 Å². The van der Waals surface area contributed by atoms with Crippen LogP contribution in [0, 0.1) is 6.92 Å². The molecule has 0 radical (unpaired) electrons. The standard InChI is InChI=1S/C23H26N6O/c1-17-3-7-19(8-4-17)24-23(30)25-20-9-5-18(6-10-20)21-11-12-22(27-26-21)29-15-13-28(2)14-16-29/h3-12H,13-16H2,1-2H3,(H2,24,25,30). The quantitative estimate of drug-likeness (QED) is 0.694. The Hall–Kier alpha value is -3.45. The van der Waals surface area contributed by atoms with E-state index in [-0.39, 0.29) is 6.03 Å². The first-order chi connectivity index (χ1) is 14.6. The van der Waals surface area contributed by atoms with E-state index in [4.69, 9.17) is 0 Å². The van der Waals surface area contributed by atoms with Crippen molar-refractivity contribution in [3.8, 4) is 11.3 Å². The molecule has 1 aliphatic heterocycles. The predicted octanol–water partition coefficient (Wildman–Crippen LogP) is 3.85. The zero-order valence-corrected chi connectivity index (χ0v) is 17.3. The van der Waals surface area contributed by atoms with Crippen molar-refractivity contribution in [2.75, 3.05) is 48.8 Å². The maximum Gasteiger partial charge on any atom is 0.323 e. The molecule has 154 valence electrons. The van der Waals surface area contributed by atoms with Gasteiger partial charge in [-0.15, -0.1) is 10.2 Å². The Bertz CT molecular complexity index is 978. The summed E-state index contributed by atoms with van der Waals surface area (Å²) < 4.78 is 0. The summed E-state index contributed by atoms with van der Waals surface area (Å²) in [6, 6.07) is 19.0. The molecule has 0 spiro atoms. The van der Waals surface area contributed by atoms with Gasteiger partial charge in [0, 0.05) is 43.1 Å². The van der Waals surface area contributed by atoms with E-state index in [0.717, 1.165) is 54.5 Å². The number of hydrogen-bond acceptors (Lipinski definition) is 5. The molecule has 1 aliphatic rings. The molecule has 1 aromatic heterocycles. The number of aromatic nitrogens is 2. The van der Waals surface area contributed by atoms with Gasteiger partial charge >= 0.3 is 6.03 Å². The first kappa shape index (κ1) is 19.8. The van der Waals surface area contributed by atoms with Crippen molar-refractivity contribution in [3.63, 3.8) is 0 Å². The van der Waals surface area contributed by atoms with Crippen LogP contribution in [0.5, 0.6) is 0 Å². The summed E-state index contributed by atoms with van der Waals surface area (Å²) in [4.78, 5) is 16.8.